The first-order chi connectivity index (χ1) is 21.7. The van der Waals surface area contributed by atoms with Crippen molar-refractivity contribution in [2.24, 2.45) is 0 Å². The summed E-state index contributed by atoms with van der Waals surface area (Å²) in [4.78, 5) is 3.64. The van der Waals surface area contributed by atoms with Crippen LogP contribution in [0.4, 0.5) is 0 Å². The smallest absolute Gasteiger partial charge is 0.0543 e. The van der Waals surface area contributed by atoms with Crippen LogP contribution in [0.5, 0.6) is 0 Å². The van der Waals surface area contributed by atoms with Crippen molar-refractivity contribution >= 4 is 38.8 Å². The van der Waals surface area contributed by atoms with Gasteiger partial charge in [0.25, 0.3) is 0 Å². The van der Waals surface area contributed by atoms with Crippen LogP contribution in [0.25, 0.3) is 77.9 Å². The van der Waals surface area contributed by atoms with Gasteiger partial charge in [0.05, 0.1) is 5.52 Å². The topological polar surface area (TPSA) is 20.7 Å². The van der Waals surface area contributed by atoms with Crippen LogP contribution < -0.4 is 0 Å². The van der Waals surface area contributed by atoms with Gasteiger partial charge < -0.3 is 9.55 Å². The van der Waals surface area contributed by atoms with Crippen molar-refractivity contribution in [3.05, 3.63) is 157 Å². The molecule has 2 aromatic heterocycles. The number of H-pyrrole nitrogens is 1. The van der Waals surface area contributed by atoms with Crippen molar-refractivity contribution in [3.63, 3.8) is 0 Å². The lowest BCUT2D eigenvalue weighted by molar-refractivity contribution is 1.05. The molecule has 0 saturated heterocycles. The monoisotopic (exact) mass is 564 g/mol. The van der Waals surface area contributed by atoms with Crippen LogP contribution in [0.2, 0.25) is 0 Å². The minimum absolute atomic E-state index is 1.16. The van der Waals surface area contributed by atoms with Crippen molar-refractivity contribution in [3.8, 4) is 39.1 Å². The molecule has 0 atom stereocenters. The molecule has 2 heterocycles. The van der Waals surface area contributed by atoms with Gasteiger partial charge in [-0.3, -0.25) is 0 Å². The first-order valence-electron chi connectivity index (χ1n) is 15.2. The Hall–Kier alpha value is -5.60. The van der Waals surface area contributed by atoms with E-state index in [1.165, 1.54) is 72.0 Å². The predicted molar refractivity (Wildman–Crippen MR) is 188 cm³/mol. The van der Waals surface area contributed by atoms with Gasteiger partial charge in [-0.25, -0.2) is 0 Å². The molecule has 0 unspecified atom stereocenters. The summed E-state index contributed by atoms with van der Waals surface area (Å²) in [6.07, 6.45) is 4.41. The maximum Gasteiger partial charge on any atom is 0.0543 e. The highest BCUT2D eigenvalue weighted by atomic mass is 15.0. The molecule has 0 saturated carbocycles. The lowest BCUT2D eigenvalue weighted by Gasteiger charge is -2.14. The van der Waals surface area contributed by atoms with Crippen molar-refractivity contribution in [2.75, 3.05) is 0 Å². The molecule has 210 valence electrons. The number of nitrogens with one attached hydrogen (secondary N) is 1. The standard InChI is InChI=1S/C42H32N2/c1-3-14-34-28(2)44(33-17-8-5-9-18-33)40-24-13-21-36(42(34)40)32-26-30(29-15-6-4-7-16-29)25-31(27-32)35-20-12-23-39-41(35)37-19-10-11-22-38(37)43-39/h3-27,43H,1-2H3/b14-3-. The van der Waals surface area contributed by atoms with Crippen molar-refractivity contribution in [1.82, 2.24) is 9.55 Å². The number of para-hydroxylation sites is 2. The van der Waals surface area contributed by atoms with Gasteiger partial charge in [0, 0.05) is 44.1 Å². The Bertz CT molecular complexity index is 2330. The molecule has 8 aromatic rings. The third kappa shape index (κ3) is 4.19. The average Bonchev–Trinajstić information content (AvgIpc) is 3.60. The molecule has 6 aromatic carbocycles. The number of aromatic nitrogens is 2. The highest BCUT2D eigenvalue weighted by Gasteiger charge is 2.19. The third-order valence-corrected chi connectivity index (χ3v) is 8.82. The second-order valence-electron chi connectivity index (χ2n) is 11.4. The molecule has 0 spiro atoms. The van der Waals surface area contributed by atoms with Gasteiger partial charge >= 0.3 is 0 Å². The maximum absolute atomic E-state index is 3.64. The normalized spacial score (nSPS) is 11.8. The second-order valence-corrected chi connectivity index (χ2v) is 11.4. The minimum atomic E-state index is 1.16. The molecule has 0 fully saturated rings. The summed E-state index contributed by atoms with van der Waals surface area (Å²) in [6.45, 7) is 4.33. The van der Waals surface area contributed by atoms with Crippen LogP contribution in [0.3, 0.4) is 0 Å². The van der Waals surface area contributed by atoms with Gasteiger partial charge in [0.15, 0.2) is 0 Å². The molecule has 0 aliphatic carbocycles. The maximum atomic E-state index is 3.64. The van der Waals surface area contributed by atoms with Gasteiger partial charge in [-0.05, 0) is 95.8 Å². The minimum Gasteiger partial charge on any atom is -0.354 e. The van der Waals surface area contributed by atoms with E-state index in [4.69, 9.17) is 0 Å². The van der Waals surface area contributed by atoms with Crippen LogP contribution in [-0.2, 0) is 0 Å². The van der Waals surface area contributed by atoms with Crippen molar-refractivity contribution in [2.45, 2.75) is 13.8 Å². The summed E-state index contributed by atoms with van der Waals surface area (Å²) >= 11 is 0. The first kappa shape index (κ1) is 26.1. The van der Waals surface area contributed by atoms with Gasteiger partial charge in [0.2, 0.25) is 0 Å². The summed E-state index contributed by atoms with van der Waals surface area (Å²) in [5.74, 6) is 0. The lowest BCUT2D eigenvalue weighted by Crippen LogP contribution is -1.96. The van der Waals surface area contributed by atoms with E-state index in [2.05, 4.69) is 175 Å². The number of rotatable bonds is 5. The van der Waals surface area contributed by atoms with Crippen LogP contribution in [0.15, 0.2) is 146 Å². The highest BCUT2D eigenvalue weighted by molar-refractivity contribution is 6.14. The number of allylic oxidation sites excluding steroid dienone is 1. The lowest BCUT2D eigenvalue weighted by atomic mass is 9.90. The molecule has 0 aliphatic heterocycles. The highest BCUT2D eigenvalue weighted by Crippen LogP contribution is 2.42. The molecule has 0 amide bonds. The van der Waals surface area contributed by atoms with Crippen LogP contribution >= 0.6 is 0 Å². The third-order valence-electron chi connectivity index (χ3n) is 8.82. The quantitative estimate of drug-likeness (QED) is 0.215. The molecule has 2 nitrogen and oxygen atoms in total. The predicted octanol–water partition coefficient (Wildman–Crippen LogP) is 11.6. The molecule has 1 N–H and O–H groups in total. The molecule has 0 bridgehead atoms. The van der Waals surface area contributed by atoms with E-state index in [9.17, 15) is 0 Å². The van der Waals surface area contributed by atoms with Crippen LogP contribution in [0, 0.1) is 6.92 Å². The fraction of sp³-hybridized carbons (Fsp3) is 0.0476. The largest absolute Gasteiger partial charge is 0.354 e. The number of benzene rings is 6. The first-order valence-corrected chi connectivity index (χ1v) is 15.2. The summed E-state index contributed by atoms with van der Waals surface area (Å²) in [5.41, 5.74) is 14.5. The van der Waals surface area contributed by atoms with Gasteiger partial charge in [-0.15, -0.1) is 0 Å². The number of hydrogen-bond acceptors (Lipinski definition) is 0. The molecule has 44 heavy (non-hydrogen) atoms. The van der Waals surface area contributed by atoms with E-state index in [1.807, 2.05) is 0 Å². The fourth-order valence-electron chi connectivity index (χ4n) is 6.89. The molecule has 0 aliphatic rings. The number of nitrogens with zero attached hydrogens (tertiary/aromatic N) is 1. The van der Waals surface area contributed by atoms with E-state index >= 15 is 0 Å². The zero-order chi connectivity index (χ0) is 29.6. The number of hydrogen-bond donors (Lipinski definition) is 1. The van der Waals surface area contributed by atoms with Crippen LogP contribution in [-0.4, -0.2) is 9.55 Å². The zero-order valence-corrected chi connectivity index (χ0v) is 24.9. The van der Waals surface area contributed by atoms with Gasteiger partial charge in [-0.2, -0.15) is 0 Å². The van der Waals surface area contributed by atoms with E-state index in [-0.39, 0.29) is 0 Å². The Kier molecular flexibility index (Phi) is 6.27. The zero-order valence-electron chi connectivity index (χ0n) is 24.9. The van der Waals surface area contributed by atoms with E-state index < -0.39 is 0 Å². The molecule has 2 heteroatoms. The van der Waals surface area contributed by atoms with Crippen LogP contribution in [0.1, 0.15) is 18.2 Å². The summed E-state index contributed by atoms with van der Waals surface area (Å²) in [7, 11) is 0. The molecule has 0 radical (unpaired) electrons. The van der Waals surface area contributed by atoms with Crippen molar-refractivity contribution < 1.29 is 0 Å². The Balaban J connectivity index is 1.45. The van der Waals surface area contributed by atoms with E-state index in [0.717, 1.165) is 11.0 Å². The number of fused-ring (bicyclic) bond motifs is 4. The Morgan fingerprint density at radius 2 is 1.16 bits per heavy atom. The molecular formula is C42H32N2. The van der Waals surface area contributed by atoms with Gasteiger partial charge in [0.1, 0.15) is 0 Å². The van der Waals surface area contributed by atoms with E-state index in [1.54, 1.807) is 0 Å². The Morgan fingerprint density at radius 1 is 0.545 bits per heavy atom. The fourth-order valence-corrected chi connectivity index (χ4v) is 6.89. The SMILES string of the molecule is C/C=C\c1c(C)n(-c2ccccc2)c2cccc(-c3cc(-c4ccccc4)cc(-c4cccc5[nH]c6ccccc6c45)c3)c12. The Morgan fingerprint density at radius 3 is 1.91 bits per heavy atom. The molecular weight excluding hydrogens is 532 g/mol. The summed E-state index contributed by atoms with van der Waals surface area (Å²) in [6, 6.07) is 50.4. The number of aromatic amines is 1. The summed E-state index contributed by atoms with van der Waals surface area (Å²) < 4.78 is 2.39. The molecule has 8 rings (SSSR count). The summed E-state index contributed by atoms with van der Waals surface area (Å²) in [5, 5.41) is 3.78. The van der Waals surface area contributed by atoms with Crippen molar-refractivity contribution in [1.29, 1.82) is 0 Å². The van der Waals surface area contributed by atoms with E-state index in [0.29, 0.717) is 0 Å². The van der Waals surface area contributed by atoms with Gasteiger partial charge in [-0.1, -0.05) is 103 Å². The second kappa shape index (κ2) is 10.6. The average molecular weight is 565 g/mol. The Labute approximate surface area is 257 Å².